The third-order valence-electron chi connectivity index (χ3n) is 9.50. The van der Waals surface area contributed by atoms with Gasteiger partial charge in [-0.3, -0.25) is 19.3 Å². The first-order valence-corrected chi connectivity index (χ1v) is 15.9. The number of aryl methyl sites for hydroxylation is 1. The first-order chi connectivity index (χ1) is 20.3. The second-order valence-corrected chi connectivity index (χ2v) is 12.8. The van der Waals surface area contributed by atoms with Crippen molar-refractivity contribution in [2.24, 2.45) is 11.8 Å². The van der Waals surface area contributed by atoms with Crippen LogP contribution in [-0.2, 0) is 25.7 Å². The van der Waals surface area contributed by atoms with Crippen molar-refractivity contribution < 1.29 is 19.1 Å². The Hall–Kier alpha value is -2.90. The Morgan fingerprint density at radius 2 is 1.67 bits per heavy atom. The molecule has 3 heterocycles. The lowest BCUT2D eigenvalue weighted by atomic mass is 9.88. The topological polar surface area (TPSA) is 70.2 Å². The number of amides is 2. The van der Waals surface area contributed by atoms with Gasteiger partial charge in [-0.15, -0.1) is 0 Å². The minimum atomic E-state index is -0.100. The highest BCUT2D eigenvalue weighted by atomic mass is 35.5. The normalized spacial score (nSPS) is 22.6. The van der Waals surface area contributed by atoms with E-state index in [-0.39, 0.29) is 23.7 Å². The number of ether oxygens (including phenoxy) is 1. The van der Waals surface area contributed by atoms with Crippen molar-refractivity contribution in [3.8, 4) is 0 Å². The molecule has 0 radical (unpaired) electrons. The van der Waals surface area contributed by atoms with E-state index in [1.54, 1.807) is 6.92 Å². The molecule has 3 saturated heterocycles. The van der Waals surface area contributed by atoms with Gasteiger partial charge in [-0.2, -0.15) is 0 Å². The van der Waals surface area contributed by atoms with Gasteiger partial charge in [0, 0.05) is 68.2 Å². The van der Waals surface area contributed by atoms with Gasteiger partial charge in [0.15, 0.2) is 0 Å². The molecule has 226 valence electrons. The highest BCUT2D eigenvalue weighted by Crippen LogP contribution is 2.40. The number of hydrogen-bond donors (Lipinski definition) is 0. The quantitative estimate of drug-likeness (QED) is 0.316. The third-order valence-corrected chi connectivity index (χ3v) is 9.91. The maximum atomic E-state index is 13.8. The molecule has 2 aromatic rings. The fourth-order valence-corrected chi connectivity index (χ4v) is 7.32. The highest BCUT2D eigenvalue weighted by molar-refractivity contribution is 6.31. The maximum Gasteiger partial charge on any atom is 0.306 e. The summed E-state index contributed by atoms with van der Waals surface area (Å²) in [5, 5.41) is 0.666. The number of carbonyl (C=O) groups excluding carboxylic acids is 3. The van der Waals surface area contributed by atoms with Crippen molar-refractivity contribution in [1.82, 2.24) is 9.80 Å². The van der Waals surface area contributed by atoms with Gasteiger partial charge in [0.25, 0.3) is 0 Å². The molecule has 2 amide bonds. The summed E-state index contributed by atoms with van der Waals surface area (Å²) < 4.78 is 5.57. The number of nitrogens with zero attached hydrogens (tertiary/aromatic N) is 3. The number of carbonyl (C=O) groups is 3. The van der Waals surface area contributed by atoms with Crippen LogP contribution in [0.5, 0.6) is 0 Å². The summed E-state index contributed by atoms with van der Waals surface area (Å²) in [4.78, 5) is 44.6. The van der Waals surface area contributed by atoms with E-state index in [1.807, 2.05) is 65.3 Å². The van der Waals surface area contributed by atoms with Gasteiger partial charge in [-0.25, -0.2) is 0 Å². The van der Waals surface area contributed by atoms with Gasteiger partial charge in [-0.05, 0) is 81.0 Å². The molecule has 42 heavy (non-hydrogen) atoms. The molecule has 3 fully saturated rings. The van der Waals surface area contributed by atoms with Crippen molar-refractivity contribution in [3.05, 3.63) is 64.7 Å². The number of hydrogen-bond acceptors (Lipinski definition) is 5. The SMILES string of the molecule is CC(=O)N1CCC(C(=O)N(CCCN2C3CCC2CC(CC(=O)OCc2ccccc2)C3)c2ccc(C)c(Cl)c2)CC1. The van der Waals surface area contributed by atoms with Crippen LogP contribution in [0, 0.1) is 18.8 Å². The summed E-state index contributed by atoms with van der Waals surface area (Å²) in [6.07, 6.45) is 7.16. The van der Waals surface area contributed by atoms with E-state index in [9.17, 15) is 14.4 Å². The molecule has 3 aliphatic rings. The molecular formula is C34H44ClN3O4. The van der Waals surface area contributed by atoms with Crippen LogP contribution in [0.1, 0.15) is 69.4 Å². The molecule has 0 aromatic heterocycles. The van der Waals surface area contributed by atoms with Gasteiger partial charge >= 0.3 is 5.97 Å². The number of fused-ring (bicyclic) bond motifs is 2. The average Bonchev–Trinajstić information content (AvgIpc) is 3.23. The van der Waals surface area contributed by atoms with Crippen LogP contribution in [0.2, 0.25) is 5.02 Å². The van der Waals surface area contributed by atoms with Crippen LogP contribution >= 0.6 is 11.6 Å². The lowest BCUT2D eigenvalue weighted by molar-refractivity contribution is -0.146. The Balaban J connectivity index is 1.15. The van der Waals surface area contributed by atoms with Crippen molar-refractivity contribution in [2.45, 2.75) is 83.9 Å². The molecule has 0 aliphatic carbocycles. The number of likely N-dealkylation sites (tertiary alicyclic amines) is 1. The fourth-order valence-electron chi connectivity index (χ4n) is 7.14. The van der Waals surface area contributed by atoms with Gasteiger partial charge in [0.1, 0.15) is 6.61 Å². The van der Waals surface area contributed by atoms with Crippen molar-refractivity contribution >= 4 is 35.1 Å². The van der Waals surface area contributed by atoms with E-state index in [2.05, 4.69) is 4.90 Å². The number of esters is 1. The number of halogens is 1. The first kappa shape index (κ1) is 30.6. The van der Waals surface area contributed by atoms with Gasteiger partial charge in [-0.1, -0.05) is 48.0 Å². The molecule has 7 nitrogen and oxygen atoms in total. The summed E-state index contributed by atoms with van der Waals surface area (Å²) in [6.45, 7) is 6.73. The van der Waals surface area contributed by atoms with E-state index < -0.39 is 0 Å². The molecule has 2 atom stereocenters. The van der Waals surface area contributed by atoms with Crippen LogP contribution in [0.3, 0.4) is 0 Å². The van der Waals surface area contributed by atoms with Gasteiger partial charge in [0.05, 0.1) is 0 Å². The summed E-state index contributed by atoms with van der Waals surface area (Å²) >= 11 is 6.48. The van der Waals surface area contributed by atoms with Crippen LogP contribution < -0.4 is 4.90 Å². The fraction of sp³-hybridized carbons (Fsp3) is 0.559. The van der Waals surface area contributed by atoms with Crippen LogP contribution in [-0.4, -0.2) is 65.8 Å². The summed E-state index contributed by atoms with van der Waals surface area (Å²) in [7, 11) is 0. The molecule has 5 rings (SSSR count). The van der Waals surface area contributed by atoms with E-state index in [0.29, 0.717) is 68.5 Å². The number of piperidine rings is 2. The van der Waals surface area contributed by atoms with Crippen molar-refractivity contribution in [2.75, 3.05) is 31.1 Å². The summed E-state index contributed by atoms with van der Waals surface area (Å²) in [5.41, 5.74) is 2.86. The standard InChI is InChI=1S/C34H44ClN3O4/c1-24-9-10-31(22-32(24)35)38(34(41)28-13-17-36(18-14-28)25(2)39)16-6-15-37-29-11-12-30(37)20-27(19-29)21-33(40)42-23-26-7-4-3-5-8-26/h3-5,7-10,22,27-30H,6,11-21,23H2,1-2H3. The molecule has 0 saturated carbocycles. The largest absolute Gasteiger partial charge is 0.461 e. The predicted octanol–water partition coefficient (Wildman–Crippen LogP) is 6.01. The van der Waals surface area contributed by atoms with Crippen LogP contribution in [0.15, 0.2) is 48.5 Å². The van der Waals surface area contributed by atoms with Crippen molar-refractivity contribution in [3.63, 3.8) is 0 Å². The molecule has 3 aliphatic heterocycles. The first-order valence-electron chi connectivity index (χ1n) is 15.6. The van der Waals surface area contributed by atoms with Crippen molar-refractivity contribution in [1.29, 1.82) is 0 Å². The van der Waals surface area contributed by atoms with Gasteiger partial charge < -0.3 is 14.5 Å². The second-order valence-electron chi connectivity index (χ2n) is 12.4. The Morgan fingerprint density at radius 1 is 0.976 bits per heavy atom. The van der Waals surface area contributed by atoms with Crippen LogP contribution in [0.4, 0.5) is 5.69 Å². The minimum absolute atomic E-state index is 0.0746. The minimum Gasteiger partial charge on any atom is -0.461 e. The summed E-state index contributed by atoms with van der Waals surface area (Å²) in [6, 6.07) is 16.7. The van der Waals surface area contributed by atoms with Crippen LogP contribution in [0.25, 0.3) is 0 Å². The number of anilines is 1. The molecule has 0 N–H and O–H groups in total. The number of benzene rings is 2. The zero-order chi connectivity index (χ0) is 29.6. The Bertz CT molecular complexity index is 1230. The Morgan fingerprint density at radius 3 is 2.31 bits per heavy atom. The summed E-state index contributed by atoms with van der Waals surface area (Å²) in [5.74, 6) is 0.390. The molecule has 2 bridgehead atoms. The maximum absolute atomic E-state index is 13.8. The van der Waals surface area contributed by atoms with E-state index in [0.717, 1.165) is 42.6 Å². The van der Waals surface area contributed by atoms with Gasteiger partial charge in [0.2, 0.25) is 11.8 Å². The molecule has 2 unspecified atom stereocenters. The molecule has 2 aromatic carbocycles. The molecule has 8 heteroatoms. The number of rotatable bonds is 10. The monoisotopic (exact) mass is 593 g/mol. The third kappa shape index (κ3) is 7.54. The zero-order valence-electron chi connectivity index (χ0n) is 25.0. The highest BCUT2D eigenvalue weighted by Gasteiger charge is 2.41. The average molecular weight is 594 g/mol. The smallest absolute Gasteiger partial charge is 0.306 e. The van der Waals surface area contributed by atoms with E-state index >= 15 is 0 Å². The lowest BCUT2D eigenvalue weighted by Crippen LogP contribution is -2.46. The Kier molecular flexibility index (Phi) is 10.2. The van der Waals surface area contributed by atoms with E-state index in [1.165, 1.54) is 12.8 Å². The molecule has 0 spiro atoms. The zero-order valence-corrected chi connectivity index (χ0v) is 25.7. The lowest BCUT2D eigenvalue weighted by Gasteiger charge is -2.39. The Labute approximate surface area is 255 Å². The molecular weight excluding hydrogens is 550 g/mol. The van der Waals surface area contributed by atoms with E-state index in [4.69, 9.17) is 16.3 Å². The second kappa shape index (κ2) is 14.0. The predicted molar refractivity (Wildman–Crippen MR) is 165 cm³/mol.